The van der Waals surface area contributed by atoms with Gasteiger partial charge in [0, 0.05) is 42.3 Å². The molecule has 0 radical (unpaired) electrons. The van der Waals surface area contributed by atoms with Crippen LogP contribution in [-0.4, -0.2) is 217 Å². The molecule has 23 heteroatoms. The molecule has 86 heavy (non-hydrogen) atoms. The highest BCUT2D eigenvalue weighted by atomic mass is 16.5. The molecule has 1 heterocycles. The number of nitrogens with zero attached hydrogens (tertiary/aromatic N) is 6. The van der Waals surface area contributed by atoms with Crippen LogP contribution in [0.15, 0.2) is 24.8 Å². The normalized spacial score (nSPS) is 27.2. The Labute approximate surface area is 514 Å². The quantitative estimate of drug-likeness (QED) is 0.109. The third-order valence-corrected chi connectivity index (χ3v) is 15.9. The average Bonchev–Trinajstić information content (AvgIpc) is 1.66. The molecule has 12 atom stereocenters. The van der Waals surface area contributed by atoms with Crippen LogP contribution in [-0.2, 0) is 57.5 Å². The lowest BCUT2D eigenvalue weighted by Gasteiger charge is -2.40. The summed E-state index contributed by atoms with van der Waals surface area (Å²) in [6.45, 7) is 31.5. The summed E-state index contributed by atoms with van der Waals surface area (Å²) in [4.78, 5) is 167. The molecule has 1 aliphatic heterocycles. The van der Waals surface area contributed by atoms with Crippen molar-refractivity contribution in [2.24, 2.45) is 41.4 Å². The molecule has 0 unspecified atom stereocenters. The van der Waals surface area contributed by atoms with E-state index in [4.69, 9.17) is 4.74 Å². The van der Waals surface area contributed by atoms with Crippen LogP contribution < -0.4 is 26.6 Å². The van der Waals surface area contributed by atoms with Crippen molar-refractivity contribution in [1.29, 1.82) is 0 Å². The summed E-state index contributed by atoms with van der Waals surface area (Å²) < 4.78 is 6.36. The van der Waals surface area contributed by atoms with Gasteiger partial charge in [-0.15, -0.1) is 0 Å². The minimum Gasteiger partial charge on any atom is -0.458 e. The predicted molar refractivity (Wildman–Crippen MR) is 333 cm³/mol. The molecule has 0 aliphatic carbocycles. The molecule has 0 spiro atoms. The number of allylic oxidation sites excluding steroid dienone is 3. The Morgan fingerprint density at radius 3 is 1.43 bits per heavy atom. The van der Waals surface area contributed by atoms with Crippen molar-refractivity contribution in [3.63, 3.8) is 0 Å². The van der Waals surface area contributed by atoms with E-state index in [0.717, 1.165) is 4.90 Å². The molecular formula is C63H111N11O12. The lowest BCUT2D eigenvalue weighted by Crippen LogP contribution is -2.61. The van der Waals surface area contributed by atoms with Gasteiger partial charge in [0.1, 0.15) is 66.5 Å². The van der Waals surface area contributed by atoms with E-state index >= 15 is 4.79 Å². The monoisotopic (exact) mass is 1210 g/mol. The second-order valence-corrected chi connectivity index (χ2v) is 26.0. The second-order valence-electron chi connectivity index (χ2n) is 26.0. The summed E-state index contributed by atoms with van der Waals surface area (Å²) in [6.07, 6.45) is 4.97. The first kappa shape index (κ1) is 77.6. The zero-order chi connectivity index (χ0) is 66.5. The van der Waals surface area contributed by atoms with E-state index in [2.05, 4.69) is 33.2 Å². The van der Waals surface area contributed by atoms with Crippen molar-refractivity contribution < 1.29 is 57.5 Å². The third kappa shape index (κ3) is 22.4. The first-order valence-electron chi connectivity index (χ1n) is 30.8. The molecule has 23 nitrogen and oxygen atoms in total. The SMILES string of the molecule is C=C/C=C/C[C@@H](C)[C@H]1OC(=O)[C@H](C(C)C)N(C)C(=O)[C@H](CC(C)C)N(C)C(=O)[C@H](CC(C)C)N(C)C(=O)[C@@H](C)NC(=O)[C@H](C)NC(=O)[C@H](CC(C)C)N(C)C(=O)[C@@H](C(C)C)NC(=O)[C@H](CC(C)C)N(C)C(=O)CN(C)C(=O)[C@H](CC)NC(=O)[C@H]1NC. The molecular weight excluding hydrogens is 1100 g/mol. The Bertz CT molecular complexity index is 2360. The summed E-state index contributed by atoms with van der Waals surface area (Å²) >= 11 is 0. The van der Waals surface area contributed by atoms with E-state index < -0.39 is 156 Å². The molecule has 10 amide bonds. The summed E-state index contributed by atoms with van der Waals surface area (Å²) in [5, 5.41) is 14.0. The van der Waals surface area contributed by atoms with E-state index in [1.54, 1.807) is 59.8 Å². The standard InChI is InChI=1S/C63H111N11O12/c1-25-27-28-29-41(15)53-51(64-18)57(79)67-44(26-2)59(81)69(19)34-49(75)70(20)45(30-35(3)4)56(78)68-50(39(11)12)62(84)71(21)46(31-36(5)6)55(77)65-42(16)54(76)66-43(17)58(80)72(22)47(32-37(7)8)60(82)73(23)48(33-38(9)10)61(83)74(24)52(40(13)14)63(85)86-53/h25,27-28,35-48,50-53,64H,1,26,29-34H2,2-24H3,(H,65,77)(H,66,76)(H,67,79)(H,68,78)/b28-27+/t41-,42+,43-,44+,45+,46+,47+,48+,50-,51+,52+,53-/m1/s1. The molecule has 1 fully saturated rings. The first-order chi connectivity index (χ1) is 39.8. The molecule has 0 aromatic rings. The molecule has 1 saturated heterocycles. The van der Waals surface area contributed by atoms with E-state index in [1.807, 2.05) is 55.4 Å². The van der Waals surface area contributed by atoms with E-state index in [0.29, 0.717) is 6.42 Å². The third-order valence-electron chi connectivity index (χ3n) is 15.9. The van der Waals surface area contributed by atoms with Crippen LogP contribution in [0.25, 0.3) is 0 Å². The van der Waals surface area contributed by atoms with E-state index in [1.165, 1.54) is 87.7 Å². The maximum Gasteiger partial charge on any atom is 0.329 e. The second kappa shape index (κ2) is 36.0. The molecule has 0 aromatic heterocycles. The highest BCUT2D eigenvalue weighted by Gasteiger charge is 2.44. The van der Waals surface area contributed by atoms with Gasteiger partial charge in [0.2, 0.25) is 59.1 Å². The molecule has 1 rings (SSSR count). The van der Waals surface area contributed by atoms with Gasteiger partial charge in [0.15, 0.2) is 0 Å². The number of ether oxygens (including phenoxy) is 1. The van der Waals surface area contributed by atoms with E-state index in [-0.39, 0.29) is 55.8 Å². The van der Waals surface area contributed by atoms with Crippen LogP contribution in [0.1, 0.15) is 149 Å². The van der Waals surface area contributed by atoms with Crippen molar-refractivity contribution in [1.82, 2.24) is 56.0 Å². The topological polar surface area (TPSA) is 277 Å². The van der Waals surface area contributed by atoms with Gasteiger partial charge in [-0.05, 0) is 101 Å². The highest BCUT2D eigenvalue weighted by molar-refractivity contribution is 5.98. The number of carbonyl (C=O) groups is 11. The number of amides is 10. The molecule has 490 valence electrons. The van der Waals surface area contributed by atoms with Gasteiger partial charge in [0.25, 0.3) is 0 Å². The fourth-order valence-electron chi connectivity index (χ4n) is 10.6. The average molecular weight is 1210 g/mol. The number of hydrogen-bond donors (Lipinski definition) is 5. The molecule has 0 bridgehead atoms. The number of cyclic esters (lactones) is 1. The minimum atomic E-state index is -1.26. The zero-order valence-corrected chi connectivity index (χ0v) is 56.4. The molecule has 0 saturated carbocycles. The van der Waals surface area contributed by atoms with Crippen molar-refractivity contribution in [2.45, 2.75) is 216 Å². The van der Waals surface area contributed by atoms with Gasteiger partial charge in [0.05, 0.1) is 6.54 Å². The van der Waals surface area contributed by atoms with Crippen LogP contribution in [0.2, 0.25) is 0 Å². The predicted octanol–water partition coefficient (Wildman–Crippen LogP) is 3.75. The maximum atomic E-state index is 15.1. The summed E-state index contributed by atoms with van der Waals surface area (Å²) in [5.41, 5.74) is 0. The molecule has 0 aromatic carbocycles. The Hall–Kier alpha value is -6.39. The first-order valence-corrected chi connectivity index (χ1v) is 30.8. The van der Waals surface area contributed by atoms with Crippen LogP contribution >= 0.6 is 0 Å². The Kier molecular flexibility index (Phi) is 32.5. The Balaban J connectivity index is 4.27. The van der Waals surface area contributed by atoms with Crippen molar-refractivity contribution in [3.05, 3.63) is 24.8 Å². The van der Waals surface area contributed by atoms with Gasteiger partial charge >= 0.3 is 5.97 Å². The lowest BCUT2D eigenvalue weighted by atomic mass is 9.92. The summed E-state index contributed by atoms with van der Waals surface area (Å²) in [6, 6.07) is -11.8. The Morgan fingerprint density at radius 2 is 0.977 bits per heavy atom. The Morgan fingerprint density at radius 1 is 0.535 bits per heavy atom. The van der Waals surface area contributed by atoms with Gasteiger partial charge in [-0.2, -0.15) is 0 Å². The van der Waals surface area contributed by atoms with Gasteiger partial charge in [-0.25, -0.2) is 4.79 Å². The van der Waals surface area contributed by atoms with E-state index in [9.17, 15) is 47.9 Å². The number of carbonyl (C=O) groups excluding carboxylic acids is 11. The van der Waals surface area contributed by atoms with Gasteiger partial charge in [-0.1, -0.05) is 122 Å². The van der Waals surface area contributed by atoms with Crippen LogP contribution in [0, 0.1) is 41.4 Å². The fourth-order valence-corrected chi connectivity index (χ4v) is 10.6. The maximum absolute atomic E-state index is 15.1. The number of hydrogen-bond acceptors (Lipinski definition) is 13. The largest absolute Gasteiger partial charge is 0.458 e. The van der Waals surface area contributed by atoms with Gasteiger partial charge < -0.3 is 60.7 Å². The van der Waals surface area contributed by atoms with Crippen LogP contribution in [0.3, 0.4) is 0 Å². The number of likely N-dealkylation sites (N-methyl/N-ethyl adjacent to an activating group) is 7. The zero-order valence-electron chi connectivity index (χ0n) is 56.4. The fraction of sp³-hybridized carbons (Fsp3) is 0.762. The van der Waals surface area contributed by atoms with Crippen molar-refractivity contribution >= 4 is 65.0 Å². The summed E-state index contributed by atoms with van der Waals surface area (Å²) in [7, 11) is 10.2. The minimum absolute atomic E-state index is 0.0870. The highest BCUT2D eigenvalue weighted by Crippen LogP contribution is 2.26. The number of nitrogens with one attached hydrogen (secondary N) is 5. The molecule has 1 aliphatic rings. The van der Waals surface area contributed by atoms with Gasteiger partial charge in [-0.3, -0.25) is 47.9 Å². The summed E-state index contributed by atoms with van der Waals surface area (Å²) in [5.74, 6) is -9.34. The van der Waals surface area contributed by atoms with Crippen LogP contribution in [0.4, 0.5) is 0 Å². The smallest absolute Gasteiger partial charge is 0.329 e. The number of esters is 1. The lowest BCUT2D eigenvalue weighted by molar-refractivity contribution is -0.167. The van der Waals surface area contributed by atoms with Crippen molar-refractivity contribution in [2.75, 3.05) is 55.9 Å². The number of rotatable bonds is 16. The van der Waals surface area contributed by atoms with Crippen LogP contribution in [0.5, 0.6) is 0 Å². The molecule has 5 N–H and O–H groups in total. The van der Waals surface area contributed by atoms with Crippen molar-refractivity contribution in [3.8, 4) is 0 Å².